The van der Waals surface area contributed by atoms with Crippen molar-refractivity contribution in [2.75, 3.05) is 0 Å². The van der Waals surface area contributed by atoms with Crippen LogP contribution in [0.2, 0.25) is 0 Å². The summed E-state index contributed by atoms with van der Waals surface area (Å²) >= 11 is 0. The van der Waals surface area contributed by atoms with Crippen LogP contribution in [0, 0.1) is 18.3 Å². The molecule has 3 rings (SSSR count). The standard InChI is InChI=1S/C14H18N2O3/c1-8-2-3-15-11(8)12(17)9-4-14(5-9)6-10(7-14)16-13(18)19/h2-3,9-10,15-16H,4-7H2,1H3,(H,18,19). The lowest BCUT2D eigenvalue weighted by Gasteiger charge is -2.57. The van der Waals surface area contributed by atoms with E-state index in [4.69, 9.17) is 5.11 Å². The number of amides is 1. The second kappa shape index (κ2) is 4.11. The molecule has 5 heteroatoms. The van der Waals surface area contributed by atoms with Crippen LogP contribution in [-0.4, -0.2) is 28.0 Å². The lowest BCUT2D eigenvalue weighted by Crippen LogP contribution is -2.57. The van der Waals surface area contributed by atoms with Gasteiger partial charge in [-0.1, -0.05) is 0 Å². The Balaban J connectivity index is 1.53. The third-order valence-corrected chi connectivity index (χ3v) is 4.62. The monoisotopic (exact) mass is 262 g/mol. The summed E-state index contributed by atoms with van der Waals surface area (Å²) in [5.74, 6) is 0.325. The minimum absolute atomic E-state index is 0.0841. The summed E-state index contributed by atoms with van der Waals surface area (Å²) in [7, 11) is 0. The highest BCUT2D eigenvalue weighted by atomic mass is 16.4. The smallest absolute Gasteiger partial charge is 0.404 e. The molecule has 1 spiro atoms. The van der Waals surface area contributed by atoms with Gasteiger partial charge in [0.1, 0.15) is 0 Å². The van der Waals surface area contributed by atoms with Gasteiger partial charge in [0.05, 0.1) is 5.69 Å². The van der Waals surface area contributed by atoms with Gasteiger partial charge in [-0.15, -0.1) is 0 Å². The Hall–Kier alpha value is -1.78. The molecule has 1 aromatic heterocycles. The zero-order chi connectivity index (χ0) is 13.6. The number of hydrogen-bond donors (Lipinski definition) is 3. The average Bonchev–Trinajstić information content (AvgIpc) is 2.64. The Morgan fingerprint density at radius 2 is 2.05 bits per heavy atom. The summed E-state index contributed by atoms with van der Waals surface area (Å²) in [6.07, 6.45) is 4.42. The molecule has 19 heavy (non-hydrogen) atoms. The molecule has 3 N–H and O–H groups in total. The maximum atomic E-state index is 12.3. The molecule has 1 aromatic rings. The summed E-state index contributed by atoms with van der Waals surface area (Å²) in [4.78, 5) is 25.8. The Kier molecular flexibility index (Phi) is 2.66. The van der Waals surface area contributed by atoms with Gasteiger partial charge in [0.15, 0.2) is 5.78 Å². The second-order valence-corrected chi connectivity index (χ2v) is 6.06. The number of rotatable bonds is 3. The number of ketones is 1. The maximum absolute atomic E-state index is 12.3. The number of aryl methyl sites for hydroxylation is 1. The third-order valence-electron chi connectivity index (χ3n) is 4.62. The molecule has 2 aliphatic rings. The van der Waals surface area contributed by atoms with E-state index >= 15 is 0 Å². The zero-order valence-corrected chi connectivity index (χ0v) is 10.9. The van der Waals surface area contributed by atoms with E-state index in [-0.39, 0.29) is 23.2 Å². The minimum atomic E-state index is -0.950. The molecule has 2 saturated carbocycles. The molecule has 0 aliphatic heterocycles. The first-order chi connectivity index (χ1) is 8.99. The highest BCUT2D eigenvalue weighted by molar-refractivity contribution is 5.98. The summed E-state index contributed by atoms with van der Waals surface area (Å²) < 4.78 is 0. The highest BCUT2D eigenvalue weighted by Gasteiger charge is 2.55. The molecule has 0 bridgehead atoms. The van der Waals surface area contributed by atoms with Crippen molar-refractivity contribution in [3.63, 3.8) is 0 Å². The molecule has 5 nitrogen and oxygen atoms in total. The van der Waals surface area contributed by atoms with Crippen LogP contribution < -0.4 is 5.32 Å². The zero-order valence-electron chi connectivity index (χ0n) is 10.9. The first-order valence-corrected chi connectivity index (χ1v) is 6.67. The molecule has 0 aromatic carbocycles. The van der Waals surface area contributed by atoms with Crippen molar-refractivity contribution < 1.29 is 14.7 Å². The van der Waals surface area contributed by atoms with E-state index in [1.807, 2.05) is 13.0 Å². The van der Waals surface area contributed by atoms with Crippen LogP contribution in [0.25, 0.3) is 0 Å². The van der Waals surface area contributed by atoms with Crippen LogP contribution in [0.4, 0.5) is 4.79 Å². The van der Waals surface area contributed by atoms with Gasteiger partial charge in [-0.05, 0) is 49.7 Å². The second-order valence-electron chi connectivity index (χ2n) is 6.06. The lowest BCUT2D eigenvalue weighted by molar-refractivity contribution is -0.0369. The van der Waals surface area contributed by atoms with E-state index in [1.165, 1.54) is 0 Å². The van der Waals surface area contributed by atoms with Gasteiger partial charge in [0, 0.05) is 18.2 Å². The Bertz CT molecular complexity index is 521. The molecule has 0 saturated heterocycles. The van der Waals surface area contributed by atoms with Crippen molar-refractivity contribution in [3.8, 4) is 0 Å². The quantitative estimate of drug-likeness (QED) is 0.731. The van der Waals surface area contributed by atoms with Crippen molar-refractivity contribution in [1.29, 1.82) is 0 Å². The third kappa shape index (κ3) is 2.03. The predicted octanol–water partition coefficient (Wildman–Crippen LogP) is 2.33. The van der Waals surface area contributed by atoms with Crippen molar-refractivity contribution >= 4 is 11.9 Å². The average molecular weight is 262 g/mol. The molecule has 2 aliphatic carbocycles. The molecule has 1 heterocycles. The Labute approximate surface area is 111 Å². The Morgan fingerprint density at radius 1 is 1.37 bits per heavy atom. The van der Waals surface area contributed by atoms with Crippen molar-refractivity contribution in [2.24, 2.45) is 11.3 Å². The molecular formula is C14H18N2O3. The molecule has 0 radical (unpaired) electrons. The molecule has 2 fully saturated rings. The number of H-pyrrole nitrogens is 1. The van der Waals surface area contributed by atoms with E-state index in [1.54, 1.807) is 6.20 Å². The molecule has 0 atom stereocenters. The van der Waals surface area contributed by atoms with Gasteiger partial charge in [0.2, 0.25) is 0 Å². The van der Waals surface area contributed by atoms with Crippen molar-refractivity contribution in [3.05, 3.63) is 23.5 Å². The van der Waals surface area contributed by atoms with E-state index in [0.717, 1.165) is 36.9 Å². The predicted molar refractivity (Wildman–Crippen MR) is 69.2 cm³/mol. The molecule has 102 valence electrons. The van der Waals surface area contributed by atoms with Crippen LogP contribution >= 0.6 is 0 Å². The van der Waals surface area contributed by atoms with Gasteiger partial charge < -0.3 is 15.4 Å². The van der Waals surface area contributed by atoms with Gasteiger partial charge in [0.25, 0.3) is 0 Å². The van der Waals surface area contributed by atoms with Crippen LogP contribution in [0.3, 0.4) is 0 Å². The number of carbonyl (C=O) groups is 2. The number of hydrogen-bond acceptors (Lipinski definition) is 2. The van der Waals surface area contributed by atoms with Gasteiger partial charge in [-0.2, -0.15) is 0 Å². The normalized spacial score (nSPS) is 32.5. The highest BCUT2D eigenvalue weighted by Crippen LogP contribution is 2.59. The largest absolute Gasteiger partial charge is 0.465 e. The topological polar surface area (TPSA) is 82.2 Å². The van der Waals surface area contributed by atoms with Crippen LogP contribution in [0.15, 0.2) is 12.3 Å². The summed E-state index contributed by atoms with van der Waals surface area (Å²) in [5, 5.41) is 11.1. The first-order valence-electron chi connectivity index (χ1n) is 6.67. The van der Waals surface area contributed by atoms with Crippen LogP contribution in [0.1, 0.15) is 41.7 Å². The van der Waals surface area contributed by atoms with E-state index in [2.05, 4.69) is 10.3 Å². The van der Waals surface area contributed by atoms with Gasteiger partial charge >= 0.3 is 6.09 Å². The minimum Gasteiger partial charge on any atom is -0.465 e. The Morgan fingerprint density at radius 3 is 2.58 bits per heavy atom. The summed E-state index contributed by atoms with van der Waals surface area (Å²) in [5.41, 5.74) is 1.97. The molecular weight excluding hydrogens is 244 g/mol. The van der Waals surface area contributed by atoms with Crippen molar-refractivity contribution in [2.45, 2.75) is 38.6 Å². The number of aromatic nitrogens is 1. The van der Waals surface area contributed by atoms with Gasteiger partial charge in [-0.3, -0.25) is 4.79 Å². The molecule has 1 amide bonds. The van der Waals surface area contributed by atoms with Crippen LogP contribution in [-0.2, 0) is 0 Å². The SMILES string of the molecule is Cc1cc[nH]c1C(=O)C1CC2(CC(NC(=O)O)C2)C1. The number of nitrogens with one attached hydrogen (secondary N) is 2. The first kappa shape index (κ1) is 12.3. The summed E-state index contributed by atoms with van der Waals surface area (Å²) in [6.45, 7) is 1.94. The molecule has 0 unspecified atom stereocenters. The van der Waals surface area contributed by atoms with E-state index in [0.29, 0.717) is 0 Å². The van der Waals surface area contributed by atoms with E-state index < -0.39 is 6.09 Å². The van der Waals surface area contributed by atoms with Gasteiger partial charge in [-0.25, -0.2) is 4.79 Å². The van der Waals surface area contributed by atoms with Crippen LogP contribution in [0.5, 0.6) is 0 Å². The fraction of sp³-hybridized carbons (Fsp3) is 0.571. The van der Waals surface area contributed by atoms with E-state index in [9.17, 15) is 9.59 Å². The maximum Gasteiger partial charge on any atom is 0.404 e. The lowest BCUT2D eigenvalue weighted by atomic mass is 9.49. The number of carboxylic acid groups (broad SMARTS) is 1. The number of Topliss-reactive ketones (excluding diaryl/α,β-unsaturated/α-hetero) is 1. The fourth-order valence-corrected chi connectivity index (χ4v) is 3.68. The fourth-order valence-electron chi connectivity index (χ4n) is 3.68. The number of aromatic amines is 1. The summed E-state index contributed by atoms with van der Waals surface area (Å²) in [6, 6.07) is 2.00. The van der Waals surface area contributed by atoms with Crippen molar-refractivity contribution in [1.82, 2.24) is 10.3 Å². The number of carbonyl (C=O) groups excluding carboxylic acids is 1.